The normalized spacial score (nSPS) is 20.7. The van der Waals surface area contributed by atoms with Crippen molar-refractivity contribution in [1.82, 2.24) is 48.6 Å². The molecule has 10 rings (SSSR count). The minimum atomic E-state index is -1.34. The molecule has 15 nitrogen and oxygen atoms in total. The van der Waals surface area contributed by atoms with Gasteiger partial charge in [0.1, 0.15) is 23.2 Å². The van der Waals surface area contributed by atoms with E-state index in [2.05, 4.69) is 61.7 Å². The number of fused-ring (bicyclic) bond motifs is 2. The van der Waals surface area contributed by atoms with E-state index in [0.29, 0.717) is 68.3 Å². The van der Waals surface area contributed by atoms with Crippen LogP contribution in [-0.2, 0) is 30.2 Å². The highest BCUT2D eigenvalue weighted by Gasteiger charge is 2.39. The van der Waals surface area contributed by atoms with E-state index in [0.717, 1.165) is 85.4 Å². The van der Waals surface area contributed by atoms with E-state index in [1.165, 1.54) is 15.8 Å². The summed E-state index contributed by atoms with van der Waals surface area (Å²) in [4.78, 5) is 69.2. The lowest BCUT2D eigenvalue weighted by Gasteiger charge is -2.42. The summed E-state index contributed by atoms with van der Waals surface area (Å²) in [7, 11) is 3.80. The molecule has 6 aromatic rings. The average Bonchev–Trinajstić information content (AvgIpc) is 3.81. The van der Waals surface area contributed by atoms with Crippen molar-refractivity contribution in [2.75, 3.05) is 64.6 Å². The van der Waals surface area contributed by atoms with Crippen molar-refractivity contribution in [3.05, 3.63) is 112 Å². The number of benzene rings is 2. The van der Waals surface area contributed by atoms with Gasteiger partial charge < -0.3 is 15.2 Å². The number of piperazine rings is 1. The first-order chi connectivity index (χ1) is 32.3. The second-order valence-electron chi connectivity index (χ2n) is 19.3. The number of nitrogens with zero attached hydrogens (tertiary/aromatic N) is 9. The molecule has 4 aliphatic heterocycles. The van der Waals surface area contributed by atoms with E-state index < -0.39 is 17.6 Å². The summed E-state index contributed by atoms with van der Waals surface area (Å²) in [5.74, 6) is 0.127. The van der Waals surface area contributed by atoms with Crippen LogP contribution in [0.4, 0.5) is 10.2 Å². The van der Waals surface area contributed by atoms with Crippen LogP contribution >= 0.6 is 0 Å². The third kappa shape index (κ3) is 8.78. The molecular weight excluding hydrogens is 850 g/mol. The molecule has 4 fully saturated rings. The largest absolute Gasteiger partial charge is 0.384 e. The lowest BCUT2D eigenvalue weighted by atomic mass is 9.88. The Morgan fingerprint density at radius 1 is 0.836 bits per heavy atom. The number of anilines is 1. The number of nitrogens with one attached hydrogen (secondary N) is 1. The number of nitrogens with two attached hydrogens (primary N) is 1. The minimum absolute atomic E-state index is 0.0306. The first-order valence-corrected chi connectivity index (χ1v) is 23.8. The highest BCUT2D eigenvalue weighted by atomic mass is 19.1. The number of nitrogen functional groups attached to an aromatic ring is 1. The number of hydrogen-bond acceptors (Lipinski definition) is 10. The van der Waals surface area contributed by atoms with E-state index >= 15 is 4.39 Å². The number of carbonyl (C=O) groups is 3. The van der Waals surface area contributed by atoms with E-state index in [9.17, 15) is 19.2 Å². The predicted octanol–water partition coefficient (Wildman–Crippen LogP) is 5.55. The molecular formula is C51H60FN11O4. The maximum atomic E-state index is 16.4. The summed E-state index contributed by atoms with van der Waals surface area (Å²) in [5.41, 5.74) is 12.9. The van der Waals surface area contributed by atoms with Crippen molar-refractivity contribution >= 4 is 45.6 Å². The number of amides is 3. The molecule has 0 radical (unpaired) electrons. The zero-order valence-electron chi connectivity index (χ0n) is 38.7. The highest BCUT2D eigenvalue weighted by Crippen LogP contribution is 2.37. The van der Waals surface area contributed by atoms with Gasteiger partial charge >= 0.3 is 5.69 Å². The van der Waals surface area contributed by atoms with Gasteiger partial charge in [-0.05, 0) is 110 Å². The number of rotatable bonds is 10. The van der Waals surface area contributed by atoms with Crippen molar-refractivity contribution in [3.63, 3.8) is 0 Å². The zero-order valence-corrected chi connectivity index (χ0v) is 38.7. The fourth-order valence-electron chi connectivity index (χ4n) is 11.1. The first kappa shape index (κ1) is 44.6. The highest BCUT2D eigenvalue weighted by molar-refractivity contribution is 6.00. The number of aryl methyl sites for hydroxylation is 2. The number of likely N-dealkylation sites (tertiary alicyclic amines) is 2. The molecule has 16 heteroatoms. The Bertz CT molecular complexity index is 2880. The van der Waals surface area contributed by atoms with Crippen LogP contribution in [0.1, 0.15) is 90.6 Å². The third-order valence-corrected chi connectivity index (χ3v) is 15.2. The number of aromatic nitrogens is 5. The van der Waals surface area contributed by atoms with Crippen LogP contribution in [0.5, 0.6) is 0 Å². The Morgan fingerprint density at radius 2 is 1.57 bits per heavy atom. The first-order valence-electron chi connectivity index (χ1n) is 23.8. The summed E-state index contributed by atoms with van der Waals surface area (Å²) in [6.07, 6.45) is 6.88. The number of halogens is 1. The van der Waals surface area contributed by atoms with Gasteiger partial charge in [-0.3, -0.25) is 43.5 Å². The van der Waals surface area contributed by atoms with Crippen molar-refractivity contribution in [2.24, 2.45) is 14.1 Å². The molecule has 0 saturated carbocycles. The minimum Gasteiger partial charge on any atom is -0.384 e. The standard InChI is InChI=1S/C51H60FN11O4/c1-33(43-29-40-39(14-19-54-47(40)57(43)2)38-9-12-45(53)55-30-38)61-20-15-36(16-21-61)35-5-7-37(8-6-35)49(66)62-22-17-51(52,18-23-62)32-60-26-24-59(25-27-60)31-34-4-10-41-44(28-34)58(3)50(67)63(41)42-11-13-46(64)56-48(42)65/h4-10,12,14,19,28-30,33,36,42H,11,13,15-18,20-27,31-32H2,1-3H3,(H2,53,55)(H,56,64,65)/t33-,42?/m0/s1. The van der Waals surface area contributed by atoms with Crippen LogP contribution in [0.3, 0.4) is 0 Å². The van der Waals surface area contributed by atoms with Crippen LogP contribution < -0.4 is 16.7 Å². The Labute approximate surface area is 389 Å². The van der Waals surface area contributed by atoms with E-state index in [1.807, 2.05) is 65.8 Å². The third-order valence-electron chi connectivity index (χ3n) is 15.2. The van der Waals surface area contributed by atoms with Gasteiger partial charge in [-0.2, -0.15) is 0 Å². The van der Waals surface area contributed by atoms with E-state index in [4.69, 9.17) is 10.7 Å². The lowest BCUT2D eigenvalue weighted by molar-refractivity contribution is -0.135. The maximum Gasteiger partial charge on any atom is 0.329 e. The number of alkyl halides is 1. The molecule has 4 aliphatic rings. The summed E-state index contributed by atoms with van der Waals surface area (Å²) in [5, 5.41) is 3.46. The van der Waals surface area contributed by atoms with Crippen molar-refractivity contribution in [1.29, 1.82) is 0 Å². The Balaban J connectivity index is 0.681. The fraction of sp³-hybridized carbons (Fsp3) is 0.451. The molecule has 0 aliphatic carbocycles. The molecule has 3 amide bonds. The monoisotopic (exact) mass is 909 g/mol. The molecule has 2 aromatic carbocycles. The molecule has 3 N–H and O–H groups in total. The van der Waals surface area contributed by atoms with Gasteiger partial charge in [0.05, 0.1) is 11.0 Å². The summed E-state index contributed by atoms with van der Waals surface area (Å²) < 4.78 is 21.6. The average molecular weight is 910 g/mol. The quantitative estimate of drug-likeness (QED) is 0.167. The van der Waals surface area contributed by atoms with Crippen LogP contribution in [0, 0.1) is 0 Å². The zero-order chi connectivity index (χ0) is 46.6. The Kier molecular flexibility index (Phi) is 12.1. The maximum absolute atomic E-state index is 16.4. The van der Waals surface area contributed by atoms with Crippen LogP contribution in [0.15, 0.2) is 83.9 Å². The van der Waals surface area contributed by atoms with Crippen molar-refractivity contribution < 1.29 is 18.8 Å². The van der Waals surface area contributed by atoms with Crippen LogP contribution in [0.2, 0.25) is 0 Å². The Hall–Kier alpha value is -6.23. The molecule has 1 unspecified atom stereocenters. The van der Waals surface area contributed by atoms with E-state index in [1.54, 1.807) is 11.6 Å². The second-order valence-corrected chi connectivity index (χ2v) is 19.3. The lowest BCUT2D eigenvalue weighted by Crippen LogP contribution is -2.53. The number of hydrogen-bond donors (Lipinski definition) is 2. The summed E-state index contributed by atoms with van der Waals surface area (Å²) >= 11 is 0. The molecule has 67 heavy (non-hydrogen) atoms. The molecule has 2 atom stereocenters. The van der Waals surface area contributed by atoms with Crippen LogP contribution in [0.25, 0.3) is 33.2 Å². The number of piperidine rings is 3. The van der Waals surface area contributed by atoms with Crippen molar-refractivity contribution in [2.45, 2.75) is 75.7 Å². The van der Waals surface area contributed by atoms with Gasteiger partial charge in [0.2, 0.25) is 11.8 Å². The molecule has 0 spiro atoms. The summed E-state index contributed by atoms with van der Waals surface area (Å²) in [6.45, 7) is 9.15. The van der Waals surface area contributed by atoms with Gasteiger partial charge in [-0.15, -0.1) is 0 Å². The SMILES string of the molecule is C[C@@H](c1cc2c(-c3ccc(N)nc3)ccnc2n1C)N1CCC(c2ccc(C(=O)N3CCC(F)(CN4CCN(Cc5ccc6c(c5)n(C)c(=O)n6C5CCC(=O)NC5=O)CC4)CC3)cc2)CC1. The number of imidazole rings is 1. The molecule has 0 bridgehead atoms. The molecule has 350 valence electrons. The topological polar surface area (TPSA) is 160 Å². The van der Waals surface area contributed by atoms with Gasteiger partial charge in [-0.25, -0.2) is 19.2 Å². The van der Waals surface area contributed by atoms with E-state index in [-0.39, 0.29) is 30.0 Å². The number of carbonyl (C=O) groups excluding carboxylic acids is 3. The fourth-order valence-corrected chi connectivity index (χ4v) is 11.1. The van der Waals surface area contributed by atoms with Crippen LogP contribution in [-0.4, -0.2) is 126 Å². The predicted molar refractivity (Wildman–Crippen MR) is 256 cm³/mol. The number of pyridine rings is 2. The Morgan fingerprint density at radius 3 is 2.27 bits per heavy atom. The van der Waals surface area contributed by atoms with Gasteiger partial charge in [0, 0.05) is 126 Å². The molecule has 4 saturated heterocycles. The molecule has 4 aromatic heterocycles. The smallest absolute Gasteiger partial charge is 0.329 e. The van der Waals surface area contributed by atoms with Crippen molar-refractivity contribution in [3.8, 4) is 11.1 Å². The van der Waals surface area contributed by atoms with Gasteiger partial charge in [-0.1, -0.05) is 18.2 Å². The number of imide groups is 1. The summed E-state index contributed by atoms with van der Waals surface area (Å²) in [6, 6.07) is 21.7. The second kappa shape index (κ2) is 18.1. The van der Waals surface area contributed by atoms with Gasteiger partial charge in [0.25, 0.3) is 5.91 Å². The van der Waals surface area contributed by atoms with Gasteiger partial charge in [0.15, 0.2) is 0 Å². The molecule has 8 heterocycles.